The standard InChI is InChI=1S/C14H16F3NO3/c15-14(16,17)21-12-7-2-1-6-11(12)18-10-5-3-4-9(8-10)13(19)20/h1-2,6-7,9-10,18H,3-5,8H2,(H,19,20). The molecular weight excluding hydrogens is 287 g/mol. The number of ether oxygens (including phenoxy) is 1. The maximum absolute atomic E-state index is 12.3. The molecule has 0 bridgehead atoms. The lowest BCUT2D eigenvalue weighted by molar-refractivity contribution is -0.274. The molecule has 1 fully saturated rings. The van der Waals surface area contributed by atoms with Gasteiger partial charge in [-0.05, 0) is 31.4 Å². The van der Waals surface area contributed by atoms with E-state index in [0.717, 1.165) is 12.8 Å². The minimum Gasteiger partial charge on any atom is -0.481 e. The Hall–Kier alpha value is -1.92. The van der Waals surface area contributed by atoms with Crippen molar-refractivity contribution >= 4 is 11.7 Å². The number of benzene rings is 1. The number of carboxylic acids is 1. The van der Waals surface area contributed by atoms with Gasteiger partial charge < -0.3 is 15.2 Å². The van der Waals surface area contributed by atoms with Crippen LogP contribution < -0.4 is 10.1 Å². The third-order valence-corrected chi connectivity index (χ3v) is 3.50. The van der Waals surface area contributed by atoms with Gasteiger partial charge in [0.1, 0.15) is 0 Å². The first kappa shape index (κ1) is 15.5. The Kier molecular flexibility index (Phi) is 4.59. The molecule has 4 nitrogen and oxygen atoms in total. The number of carboxylic acid groups (broad SMARTS) is 1. The Morgan fingerprint density at radius 1 is 1.29 bits per heavy atom. The second kappa shape index (κ2) is 6.24. The van der Waals surface area contributed by atoms with Gasteiger partial charge in [0, 0.05) is 6.04 Å². The van der Waals surface area contributed by atoms with Gasteiger partial charge in [0.05, 0.1) is 11.6 Å². The van der Waals surface area contributed by atoms with E-state index in [1.165, 1.54) is 18.2 Å². The van der Waals surface area contributed by atoms with Crippen molar-refractivity contribution in [1.29, 1.82) is 0 Å². The fourth-order valence-corrected chi connectivity index (χ4v) is 2.56. The molecule has 116 valence electrons. The van der Waals surface area contributed by atoms with Gasteiger partial charge in [-0.25, -0.2) is 0 Å². The highest BCUT2D eigenvalue weighted by Gasteiger charge is 2.33. The largest absolute Gasteiger partial charge is 0.573 e. The number of nitrogens with one attached hydrogen (secondary N) is 1. The summed E-state index contributed by atoms with van der Waals surface area (Å²) in [5.74, 6) is -1.62. The molecule has 7 heteroatoms. The third-order valence-electron chi connectivity index (χ3n) is 3.50. The van der Waals surface area contributed by atoms with Crippen molar-refractivity contribution in [3.8, 4) is 5.75 Å². The monoisotopic (exact) mass is 303 g/mol. The molecule has 0 aliphatic heterocycles. The van der Waals surface area contributed by atoms with Crippen molar-refractivity contribution in [2.75, 3.05) is 5.32 Å². The van der Waals surface area contributed by atoms with Crippen molar-refractivity contribution in [3.05, 3.63) is 24.3 Å². The number of hydrogen-bond donors (Lipinski definition) is 2. The summed E-state index contributed by atoms with van der Waals surface area (Å²) in [6.45, 7) is 0. The highest BCUT2D eigenvalue weighted by molar-refractivity contribution is 5.70. The number of halogens is 3. The predicted octanol–water partition coefficient (Wildman–Crippen LogP) is 3.64. The average Bonchev–Trinajstić information content (AvgIpc) is 2.40. The smallest absolute Gasteiger partial charge is 0.481 e. The van der Waals surface area contributed by atoms with Crippen LogP contribution in [0.1, 0.15) is 25.7 Å². The number of carbonyl (C=O) groups is 1. The molecule has 0 amide bonds. The fourth-order valence-electron chi connectivity index (χ4n) is 2.56. The summed E-state index contributed by atoms with van der Waals surface area (Å²) in [6.07, 6.45) is -2.29. The summed E-state index contributed by atoms with van der Waals surface area (Å²) in [6, 6.07) is 5.60. The van der Waals surface area contributed by atoms with Crippen LogP contribution in [0.15, 0.2) is 24.3 Å². The minimum atomic E-state index is -4.76. The van der Waals surface area contributed by atoms with Crippen molar-refractivity contribution in [3.63, 3.8) is 0 Å². The van der Waals surface area contributed by atoms with E-state index >= 15 is 0 Å². The minimum absolute atomic E-state index is 0.169. The van der Waals surface area contributed by atoms with E-state index in [9.17, 15) is 18.0 Å². The molecule has 2 rings (SSSR count). The molecule has 1 aliphatic rings. The molecule has 0 aromatic heterocycles. The summed E-state index contributed by atoms with van der Waals surface area (Å²) in [4.78, 5) is 11.0. The lowest BCUT2D eigenvalue weighted by Crippen LogP contribution is -2.31. The first-order chi connectivity index (χ1) is 9.85. The quantitative estimate of drug-likeness (QED) is 0.891. The van der Waals surface area contributed by atoms with Crippen molar-refractivity contribution in [2.45, 2.75) is 38.1 Å². The molecule has 2 unspecified atom stereocenters. The molecule has 0 radical (unpaired) electrons. The van der Waals surface area contributed by atoms with Crippen LogP contribution in [0.2, 0.25) is 0 Å². The van der Waals surface area contributed by atoms with Crippen LogP contribution in [0.5, 0.6) is 5.75 Å². The van der Waals surface area contributed by atoms with Crippen molar-refractivity contribution < 1.29 is 27.8 Å². The maximum Gasteiger partial charge on any atom is 0.573 e. The van der Waals surface area contributed by atoms with Crippen LogP contribution >= 0.6 is 0 Å². The zero-order valence-corrected chi connectivity index (χ0v) is 11.2. The second-order valence-electron chi connectivity index (χ2n) is 5.09. The molecular formula is C14H16F3NO3. The Morgan fingerprint density at radius 2 is 2.00 bits per heavy atom. The highest BCUT2D eigenvalue weighted by Crippen LogP contribution is 2.33. The Bertz CT molecular complexity index is 504. The molecule has 1 saturated carbocycles. The van der Waals surface area contributed by atoms with E-state index in [2.05, 4.69) is 10.1 Å². The molecule has 2 N–H and O–H groups in total. The van der Waals surface area contributed by atoms with Crippen LogP contribution in [0.3, 0.4) is 0 Å². The Morgan fingerprint density at radius 3 is 2.67 bits per heavy atom. The molecule has 0 saturated heterocycles. The molecule has 0 spiro atoms. The third kappa shape index (κ3) is 4.54. The van der Waals surface area contributed by atoms with Gasteiger partial charge in [0.2, 0.25) is 0 Å². The molecule has 1 aromatic carbocycles. The Labute approximate surface area is 119 Å². The van der Waals surface area contributed by atoms with Gasteiger partial charge in [-0.1, -0.05) is 18.6 Å². The number of anilines is 1. The van der Waals surface area contributed by atoms with E-state index in [1.54, 1.807) is 6.07 Å². The van der Waals surface area contributed by atoms with Crippen molar-refractivity contribution in [2.24, 2.45) is 5.92 Å². The number of aliphatic carboxylic acids is 1. The Balaban J connectivity index is 2.07. The lowest BCUT2D eigenvalue weighted by Gasteiger charge is -2.28. The average molecular weight is 303 g/mol. The predicted molar refractivity (Wildman–Crippen MR) is 70.1 cm³/mol. The molecule has 21 heavy (non-hydrogen) atoms. The van der Waals surface area contributed by atoms with E-state index < -0.39 is 18.2 Å². The SMILES string of the molecule is O=C(O)C1CCCC(Nc2ccccc2OC(F)(F)F)C1. The first-order valence-electron chi connectivity index (χ1n) is 6.69. The number of rotatable bonds is 4. The summed E-state index contributed by atoms with van der Waals surface area (Å²) >= 11 is 0. The summed E-state index contributed by atoms with van der Waals surface area (Å²) in [7, 11) is 0. The van der Waals surface area contributed by atoms with E-state index in [1.807, 2.05) is 0 Å². The molecule has 0 heterocycles. The number of para-hydroxylation sites is 2. The zero-order valence-electron chi connectivity index (χ0n) is 11.2. The van der Waals surface area contributed by atoms with Crippen LogP contribution in [-0.2, 0) is 4.79 Å². The molecule has 2 atom stereocenters. The van der Waals surface area contributed by atoms with Crippen LogP contribution in [-0.4, -0.2) is 23.5 Å². The first-order valence-corrected chi connectivity index (χ1v) is 6.69. The van der Waals surface area contributed by atoms with Crippen LogP contribution in [0.25, 0.3) is 0 Å². The summed E-state index contributed by atoms with van der Waals surface area (Å²) in [5.41, 5.74) is 0.228. The fraction of sp³-hybridized carbons (Fsp3) is 0.500. The zero-order chi connectivity index (χ0) is 15.5. The van der Waals surface area contributed by atoms with E-state index in [4.69, 9.17) is 5.11 Å². The highest BCUT2D eigenvalue weighted by atomic mass is 19.4. The van der Waals surface area contributed by atoms with Crippen LogP contribution in [0, 0.1) is 5.92 Å². The van der Waals surface area contributed by atoms with Gasteiger partial charge in [-0.2, -0.15) is 0 Å². The van der Waals surface area contributed by atoms with Gasteiger partial charge in [0.25, 0.3) is 0 Å². The summed E-state index contributed by atoms with van der Waals surface area (Å²) in [5, 5.41) is 12.0. The summed E-state index contributed by atoms with van der Waals surface area (Å²) < 4.78 is 41.0. The maximum atomic E-state index is 12.3. The van der Waals surface area contributed by atoms with Gasteiger partial charge in [-0.15, -0.1) is 13.2 Å². The van der Waals surface area contributed by atoms with Gasteiger partial charge in [0.15, 0.2) is 5.75 Å². The van der Waals surface area contributed by atoms with Gasteiger partial charge in [-0.3, -0.25) is 4.79 Å². The van der Waals surface area contributed by atoms with Crippen LogP contribution in [0.4, 0.5) is 18.9 Å². The molecule has 1 aliphatic carbocycles. The normalized spacial score (nSPS) is 22.6. The lowest BCUT2D eigenvalue weighted by atomic mass is 9.85. The topological polar surface area (TPSA) is 58.6 Å². The number of hydrogen-bond acceptors (Lipinski definition) is 3. The van der Waals surface area contributed by atoms with E-state index in [0.29, 0.717) is 12.8 Å². The second-order valence-corrected chi connectivity index (χ2v) is 5.09. The van der Waals surface area contributed by atoms with E-state index in [-0.39, 0.29) is 17.5 Å². The van der Waals surface area contributed by atoms with Gasteiger partial charge >= 0.3 is 12.3 Å². The number of alkyl halides is 3. The van der Waals surface area contributed by atoms with Crippen molar-refractivity contribution in [1.82, 2.24) is 0 Å². The molecule has 1 aromatic rings.